The summed E-state index contributed by atoms with van der Waals surface area (Å²) >= 11 is 0. The first-order chi connectivity index (χ1) is 14.0. The number of nitro groups is 1. The van der Waals surface area contributed by atoms with E-state index in [1.54, 1.807) is 18.3 Å². The monoisotopic (exact) mass is 396 g/mol. The maximum atomic E-state index is 12.9. The van der Waals surface area contributed by atoms with E-state index in [-0.39, 0.29) is 29.8 Å². The molecule has 0 atom stereocenters. The van der Waals surface area contributed by atoms with Gasteiger partial charge in [-0.3, -0.25) is 29.0 Å². The van der Waals surface area contributed by atoms with Gasteiger partial charge >= 0.3 is 5.76 Å². The summed E-state index contributed by atoms with van der Waals surface area (Å²) in [5.41, 5.74) is 0.773. The second kappa shape index (κ2) is 7.86. The number of pyridine rings is 1. The normalized spacial score (nSPS) is 15.7. The molecule has 1 aliphatic rings. The van der Waals surface area contributed by atoms with Crippen molar-refractivity contribution in [3.63, 3.8) is 0 Å². The quantitative estimate of drug-likeness (QED) is 0.497. The summed E-state index contributed by atoms with van der Waals surface area (Å²) in [6, 6.07) is 9.40. The van der Waals surface area contributed by atoms with E-state index in [9.17, 15) is 19.7 Å². The molecule has 9 nitrogen and oxygen atoms in total. The topological polar surface area (TPSA) is 113 Å². The van der Waals surface area contributed by atoms with Gasteiger partial charge in [0.1, 0.15) is 12.0 Å². The predicted molar refractivity (Wildman–Crippen MR) is 105 cm³/mol. The molecule has 1 aromatic carbocycles. The number of rotatable bonds is 4. The zero-order valence-electron chi connectivity index (χ0n) is 15.7. The van der Waals surface area contributed by atoms with E-state index < -0.39 is 10.7 Å². The van der Waals surface area contributed by atoms with Crippen molar-refractivity contribution < 1.29 is 14.1 Å². The molecular formula is C20H20N4O5. The van der Waals surface area contributed by atoms with Crippen LogP contribution < -0.4 is 11.2 Å². The summed E-state index contributed by atoms with van der Waals surface area (Å²) in [5, 5.41) is 10.9. The van der Waals surface area contributed by atoms with Crippen molar-refractivity contribution in [2.24, 2.45) is 4.99 Å². The van der Waals surface area contributed by atoms with Gasteiger partial charge in [0.2, 0.25) is 0 Å². The van der Waals surface area contributed by atoms with Gasteiger partial charge in [0.05, 0.1) is 22.5 Å². The Morgan fingerprint density at radius 1 is 1.21 bits per heavy atom. The van der Waals surface area contributed by atoms with Crippen LogP contribution in [0.25, 0.3) is 11.1 Å². The van der Waals surface area contributed by atoms with Crippen LogP contribution in [0.4, 0.5) is 5.69 Å². The van der Waals surface area contributed by atoms with Gasteiger partial charge in [-0.2, -0.15) is 0 Å². The molecule has 1 aliphatic carbocycles. The summed E-state index contributed by atoms with van der Waals surface area (Å²) in [7, 11) is 0. The van der Waals surface area contributed by atoms with Crippen molar-refractivity contribution in [3.05, 3.63) is 68.7 Å². The number of hydrogen-bond acceptors (Lipinski definition) is 6. The number of nitrogens with zero attached hydrogens (tertiary/aromatic N) is 4. The SMILES string of the molecule is O=C(Cn1c(=O)oc2cc([N+](=O)[O-])ccc21)n1ccccc1=NC1CCCCC1. The lowest BCUT2D eigenvalue weighted by atomic mass is 9.96. The van der Waals surface area contributed by atoms with Crippen LogP contribution in [0.1, 0.15) is 36.9 Å². The van der Waals surface area contributed by atoms with Crippen molar-refractivity contribution in [3.8, 4) is 0 Å². The molecule has 150 valence electrons. The molecule has 0 unspecified atom stereocenters. The molecule has 2 heterocycles. The summed E-state index contributed by atoms with van der Waals surface area (Å²) in [6.45, 7) is -0.258. The van der Waals surface area contributed by atoms with Crippen molar-refractivity contribution in [2.75, 3.05) is 0 Å². The summed E-state index contributed by atoms with van der Waals surface area (Å²) in [5.74, 6) is -1.08. The lowest BCUT2D eigenvalue weighted by Crippen LogP contribution is -2.32. The summed E-state index contributed by atoms with van der Waals surface area (Å²) in [6.07, 6.45) is 7.13. The minimum Gasteiger partial charge on any atom is -0.407 e. The van der Waals surface area contributed by atoms with Crippen LogP contribution in [0.15, 0.2) is 56.8 Å². The highest BCUT2D eigenvalue weighted by Crippen LogP contribution is 2.21. The van der Waals surface area contributed by atoms with E-state index in [0.29, 0.717) is 11.0 Å². The highest BCUT2D eigenvalue weighted by molar-refractivity contribution is 5.82. The molecule has 0 aliphatic heterocycles. The third kappa shape index (κ3) is 3.89. The van der Waals surface area contributed by atoms with Crippen molar-refractivity contribution in [1.29, 1.82) is 0 Å². The van der Waals surface area contributed by atoms with E-state index in [0.717, 1.165) is 25.7 Å². The molecule has 29 heavy (non-hydrogen) atoms. The van der Waals surface area contributed by atoms with Gasteiger partial charge in [-0.15, -0.1) is 0 Å². The number of non-ortho nitro benzene ring substituents is 1. The average molecular weight is 396 g/mol. The first-order valence-corrected chi connectivity index (χ1v) is 9.55. The van der Waals surface area contributed by atoms with E-state index in [1.807, 2.05) is 6.07 Å². The van der Waals surface area contributed by atoms with E-state index in [4.69, 9.17) is 9.41 Å². The van der Waals surface area contributed by atoms with Gasteiger partial charge in [-0.25, -0.2) is 4.79 Å². The minimum atomic E-state index is -0.740. The van der Waals surface area contributed by atoms with Crippen LogP contribution in [-0.4, -0.2) is 26.0 Å². The van der Waals surface area contributed by atoms with E-state index in [1.165, 1.54) is 33.8 Å². The zero-order valence-corrected chi connectivity index (χ0v) is 15.7. The maximum absolute atomic E-state index is 12.9. The van der Waals surface area contributed by atoms with Crippen LogP contribution in [0, 0.1) is 10.1 Å². The van der Waals surface area contributed by atoms with Crippen LogP contribution in [0.5, 0.6) is 0 Å². The second-order valence-electron chi connectivity index (χ2n) is 7.11. The second-order valence-corrected chi connectivity index (χ2v) is 7.11. The number of carbonyl (C=O) groups excluding carboxylic acids is 1. The fourth-order valence-corrected chi connectivity index (χ4v) is 3.68. The van der Waals surface area contributed by atoms with Gasteiger partial charge in [0.15, 0.2) is 5.58 Å². The van der Waals surface area contributed by atoms with Crippen LogP contribution in [0.2, 0.25) is 0 Å². The molecule has 9 heteroatoms. The summed E-state index contributed by atoms with van der Waals surface area (Å²) < 4.78 is 7.70. The predicted octanol–water partition coefficient (Wildman–Crippen LogP) is 2.88. The smallest absolute Gasteiger partial charge is 0.407 e. The van der Waals surface area contributed by atoms with Gasteiger partial charge in [-0.1, -0.05) is 25.3 Å². The Labute approximate surface area is 165 Å². The molecule has 0 spiro atoms. The van der Waals surface area contributed by atoms with Crippen LogP contribution in [0.3, 0.4) is 0 Å². The molecule has 0 bridgehead atoms. The third-order valence-electron chi connectivity index (χ3n) is 5.15. The Hall–Kier alpha value is -3.49. The molecule has 1 fully saturated rings. The molecule has 0 N–H and O–H groups in total. The fourth-order valence-electron chi connectivity index (χ4n) is 3.68. The Kier molecular flexibility index (Phi) is 5.11. The lowest BCUT2D eigenvalue weighted by molar-refractivity contribution is -0.384. The summed E-state index contributed by atoms with van der Waals surface area (Å²) in [4.78, 5) is 40.3. The van der Waals surface area contributed by atoms with Gasteiger partial charge in [0, 0.05) is 12.3 Å². The van der Waals surface area contributed by atoms with Crippen molar-refractivity contribution in [1.82, 2.24) is 9.13 Å². The third-order valence-corrected chi connectivity index (χ3v) is 5.15. The largest absolute Gasteiger partial charge is 0.420 e. The lowest BCUT2D eigenvalue weighted by Gasteiger charge is -2.17. The number of fused-ring (bicyclic) bond motifs is 1. The Morgan fingerprint density at radius 3 is 2.76 bits per heavy atom. The van der Waals surface area contributed by atoms with Crippen LogP contribution >= 0.6 is 0 Å². The Balaban J connectivity index is 1.67. The average Bonchev–Trinajstić information content (AvgIpc) is 3.03. The van der Waals surface area contributed by atoms with Gasteiger partial charge in [-0.05, 0) is 31.0 Å². The zero-order chi connectivity index (χ0) is 20.4. The maximum Gasteiger partial charge on any atom is 0.420 e. The highest BCUT2D eigenvalue weighted by Gasteiger charge is 2.18. The highest BCUT2D eigenvalue weighted by atomic mass is 16.6. The number of hydrogen-bond donors (Lipinski definition) is 0. The molecule has 3 aromatic rings. The minimum absolute atomic E-state index is 0.0715. The van der Waals surface area contributed by atoms with Crippen molar-refractivity contribution in [2.45, 2.75) is 44.7 Å². The molecular weight excluding hydrogens is 376 g/mol. The van der Waals surface area contributed by atoms with Crippen LogP contribution in [-0.2, 0) is 6.54 Å². The standard InChI is InChI=1S/C20H20N4O5/c25-19(22-11-5-4-8-18(22)21-14-6-2-1-3-7-14)13-23-16-10-9-15(24(27)28)12-17(16)29-20(23)26/h4-5,8-12,14H,1-3,6-7,13H2. The molecule has 0 saturated heterocycles. The fraction of sp³-hybridized carbons (Fsp3) is 0.350. The molecule has 0 radical (unpaired) electrons. The van der Waals surface area contributed by atoms with Gasteiger partial charge in [0.25, 0.3) is 11.6 Å². The molecule has 4 rings (SSSR count). The Bertz CT molecular complexity index is 1200. The number of oxazole rings is 1. The number of benzene rings is 1. The first-order valence-electron chi connectivity index (χ1n) is 9.55. The molecule has 2 aromatic heterocycles. The number of carbonyl (C=O) groups is 1. The molecule has 0 amide bonds. The number of aromatic nitrogens is 2. The Morgan fingerprint density at radius 2 is 2.00 bits per heavy atom. The van der Waals surface area contributed by atoms with Gasteiger partial charge < -0.3 is 4.42 Å². The van der Waals surface area contributed by atoms with E-state index in [2.05, 4.69) is 0 Å². The van der Waals surface area contributed by atoms with E-state index >= 15 is 0 Å². The number of nitro benzene ring substituents is 1. The molecule has 1 saturated carbocycles. The van der Waals surface area contributed by atoms with Crippen molar-refractivity contribution >= 4 is 22.7 Å². The first kappa shape index (κ1) is 18.9.